The standard InChI is InChI=1S/C23H25N5O3S/c1-2-12-27-22(19-8-10-20(11-9-19)28(29)30)24-25-23(27)32-17-21-16-26(13-14-31-21)15-18-6-4-3-5-7-18/h2-11,21H,1,12-17H2/t21-/m1/s1. The number of rotatable bonds is 9. The average molecular weight is 452 g/mol. The number of thioether (sulfide) groups is 1. The molecule has 0 aliphatic carbocycles. The van der Waals surface area contributed by atoms with Crippen molar-refractivity contribution in [2.75, 3.05) is 25.4 Å². The van der Waals surface area contributed by atoms with Crippen molar-refractivity contribution in [3.63, 3.8) is 0 Å². The molecule has 32 heavy (non-hydrogen) atoms. The second-order valence-corrected chi connectivity index (χ2v) is 8.52. The van der Waals surface area contributed by atoms with Crippen LogP contribution in [0.1, 0.15) is 5.56 Å². The summed E-state index contributed by atoms with van der Waals surface area (Å²) in [6, 6.07) is 16.8. The number of morpholine rings is 1. The highest BCUT2D eigenvalue weighted by Crippen LogP contribution is 2.27. The lowest BCUT2D eigenvalue weighted by Gasteiger charge is -2.32. The molecule has 166 valence electrons. The van der Waals surface area contributed by atoms with Gasteiger partial charge in [0.05, 0.1) is 17.6 Å². The van der Waals surface area contributed by atoms with Crippen molar-refractivity contribution in [3.8, 4) is 11.4 Å². The Morgan fingerprint density at radius 3 is 2.69 bits per heavy atom. The molecule has 8 nitrogen and oxygen atoms in total. The van der Waals surface area contributed by atoms with Crippen molar-refractivity contribution < 1.29 is 9.66 Å². The zero-order valence-corrected chi connectivity index (χ0v) is 18.5. The van der Waals surface area contributed by atoms with E-state index in [1.807, 2.05) is 10.6 Å². The molecular formula is C23H25N5O3S. The fraction of sp³-hybridized carbons (Fsp3) is 0.304. The summed E-state index contributed by atoms with van der Waals surface area (Å²) in [7, 11) is 0. The first-order valence-electron chi connectivity index (χ1n) is 10.4. The van der Waals surface area contributed by atoms with Crippen LogP contribution in [-0.2, 0) is 17.8 Å². The smallest absolute Gasteiger partial charge is 0.269 e. The van der Waals surface area contributed by atoms with Crippen molar-refractivity contribution in [2.45, 2.75) is 24.3 Å². The minimum absolute atomic E-state index is 0.0487. The summed E-state index contributed by atoms with van der Waals surface area (Å²) in [6.07, 6.45) is 1.90. The van der Waals surface area contributed by atoms with E-state index in [2.05, 4.69) is 45.9 Å². The van der Waals surface area contributed by atoms with Crippen molar-refractivity contribution in [2.24, 2.45) is 0 Å². The predicted octanol–water partition coefficient (Wildman–Crippen LogP) is 4.03. The molecule has 1 atom stereocenters. The summed E-state index contributed by atoms with van der Waals surface area (Å²) in [5.74, 6) is 1.43. The molecule has 0 bridgehead atoms. The minimum Gasteiger partial charge on any atom is -0.375 e. The van der Waals surface area contributed by atoms with Crippen LogP contribution in [0.3, 0.4) is 0 Å². The molecule has 2 heterocycles. The van der Waals surface area contributed by atoms with E-state index in [1.54, 1.807) is 30.0 Å². The molecule has 0 amide bonds. The van der Waals surface area contributed by atoms with E-state index in [9.17, 15) is 10.1 Å². The van der Waals surface area contributed by atoms with Gasteiger partial charge in [-0.15, -0.1) is 16.8 Å². The average Bonchev–Trinajstić information content (AvgIpc) is 3.21. The molecule has 0 spiro atoms. The Bertz CT molecular complexity index is 1060. The SMILES string of the molecule is C=CCn1c(SC[C@H]2CN(Cc3ccccc3)CCO2)nnc1-c1ccc([N+](=O)[O-])cc1. The van der Waals surface area contributed by atoms with Crippen LogP contribution in [0.2, 0.25) is 0 Å². The van der Waals surface area contributed by atoms with Gasteiger partial charge >= 0.3 is 0 Å². The van der Waals surface area contributed by atoms with Gasteiger partial charge in [0.1, 0.15) is 0 Å². The van der Waals surface area contributed by atoms with Crippen molar-refractivity contribution in [3.05, 3.63) is 82.9 Å². The van der Waals surface area contributed by atoms with Crippen LogP contribution in [0.15, 0.2) is 72.4 Å². The molecule has 1 aromatic heterocycles. The molecule has 2 aromatic carbocycles. The fourth-order valence-electron chi connectivity index (χ4n) is 3.67. The molecule has 0 radical (unpaired) electrons. The molecule has 1 aliphatic heterocycles. The van der Waals surface area contributed by atoms with Gasteiger partial charge in [-0.05, 0) is 17.7 Å². The van der Waals surface area contributed by atoms with Gasteiger partial charge in [0, 0.05) is 49.6 Å². The van der Waals surface area contributed by atoms with Gasteiger partial charge in [-0.1, -0.05) is 48.2 Å². The zero-order chi connectivity index (χ0) is 22.3. The first kappa shape index (κ1) is 22.2. The number of benzene rings is 2. The quantitative estimate of drug-likeness (QED) is 0.210. The number of allylic oxidation sites excluding steroid dienone is 1. The third kappa shape index (κ3) is 5.42. The molecule has 9 heteroatoms. The number of ether oxygens (including phenoxy) is 1. The van der Waals surface area contributed by atoms with Crippen LogP contribution < -0.4 is 0 Å². The van der Waals surface area contributed by atoms with E-state index >= 15 is 0 Å². The zero-order valence-electron chi connectivity index (χ0n) is 17.7. The maximum absolute atomic E-state index is 10.9. The van der Waals surface area contributed by atoms with Crippen LogP contribution in [0.5, 0.6) is 0 Å². The van der Waals surface area contributed by atoms with E-state index in [0.29, 0.717) is 19.0 Å². The molecular weight excluding hydrogens is 426 g/mol. The number of hydrogen-bond donors (Lipinski definition) is 0. The van der Waals surface area contributed by atoms with E-state index in [1.165, 1.54) is 17.7 Å². The number of nitro groups is 1. The molecule has 3 aromatic rings. The van der Waals surface area contributed by atoms with Crippen LogP contribution >= 0.6 is 11.8 Å². The molecule has 0 saturated carbocycles. The van der Waals surface area contributed by atoms with Crippen molar-refractivity contribution in [1.29, 1.82) is 0 Å². The van der Waals surface area contributed by atoms with Gasteiger partial charge in [-0.25, -0.2) is 0 Å². The number of non-ortho nitro benzene ring substituents is 1. The highest BCUT2D eigenvalue weighted by Gasteiger charge is 2.22. The number of nitrogens with zero attached hydrogens (tertiary/aromatic N) is 5. The number of nitro benzene ring substituents is 1. The fourth-order valence-corrected chi connectivity index (χ4v) is 4.62. The third-order valence-corrected chi connectivity index (χ3v) is 6.33. The maximum atomic E-state index is 10.9. The minimum atomic E-state index is -0.412. The Kier molecular flexibility index (Phi) is 7.31. The lowest BCUT2D eigenvalue weighted by molar-refractivity contribution is -0.384. The summed E-state index contributed by atoms with van der Waals surface area (Å²) >= 11 is 1.61. The van der Waals surface area contributed by atoms with Crippen LogP contribution in [-0.4, -0.2) is 56.1 Å². The lowest BCUT2D eigenvalue weighted by Crippen LogP contribution is -2.43. The molecule has 4 rings (SSSR count). The van der Waals surface area contributed by atoms with E-state index in [4.69, 9.17) is 4.74 Å². The Labute approximate surface area is 191 Å². The predicted molar refractivity (Wildman–Crippen MR) is 124 cm³/mol. The lowest BCUT2D eigenvalue weighted by atomic mass is 10.2. The Morgan fingerprint density at radius 2 is 1.97 bits per heavy atom. The van der Waals surface area contributed by atoms with Gasteiger partial charge in [-0.3, -0.25) is 19.6 Å². The van der Waals surface area contributed by atoms with E-state index < -0.39 is 4.92 Å². The topological polar surface area (TPSA) is 86.3 Å². The van der Waals surface area contributed by atoms with E-state index in [0.717, 1.165) is 36.1 Å². The summed E-state index contributed by atoms with van der Waals surface area (Å²) in [5.41, 5.74) is 2.13. The monoisotopic (exact) mass is 451 g/mol. The second kappa shape index (κ2) is 10.5. The van der Waals surface area contributed by atoms with Gasteiger partial charge < -0.3 is 4.74 Å². The summed E-state index contributed by atoms with van der Waals surface area (Å²) in [4.78, 5) is 12.9. The number of aromatic nitrogens is 3. The summed E-state index contributed by atoms with van der Waals surface area (Å²) in [6.45, 7) is 7.82. The molecule has 1 fully saturated rings. The first-order valence-corrected chi connectivity index (χ1v) is 11.4. The van der Waals surface area contributed by atoms with E-state index in [-0.39, 0.29) is 11.8 Å². The van der Waals surface area contributed by atoms with Gasteiger partial charge in [0.15, 0.2) is 11.0 Å². The molecule has 1 saturated heterocycles. The molecule has 1 aliphatic rings. The Morgan fingerprint density at radius 1 is 1.19 bits per heavy atom. The van der Waals surface area contributed by atoms with Crippen LogP contribution in [0.25, 0.3) is 11.4 Å². The van der Waals surface area contributed by atoms with Gasteiger partial charge in [0.2, 0.25) is 0 Å². The Hall–Kier alpha value is -3.01. The number of hydrogen-bond acceptors (Lipinski definition) is 7. The van der Waals surface area contributed by atoms with Gasteiger partial charge in [-0.2, -0.15) is 0 Å². The third-order valence-electron chi connectivity index (χ3n) is 5.24. The van der Waals surface area contributed by atoms with Crippen LogP contribution in [0, 0.1) is 10.1 Å². The largest absolute Gasteiger partial charge is 0.375 e. The maximum Gasteiger partial charge on any atom is 0.269 e. The van der Waals surface area contributed by atoms with Gasteiger partial charge in [0.25, 0.3) is 5.69 Å². The Balaban J connectivity index is 1.41. The highest BCUT2D eigenvalue weighted by atomic mass is 32.2. The first-order chi connectivity index (χ1) is 15.6. The summed E-state index contributed by atoms with van der Waals surface area (Å²) < 4.78 is 7.97. The van der Waals surface area contributed by atoms with Crippen molar-refractivity contribution in [1.82, 2.24) is 19.7 Å². The van der Waals surface area contributed by atoms with Crippen molar-refractivity contribution >= 4 is 17.4 Å². The second-order valence-electron chi connectivity index (χ2n) is 7.53. The molecule has 0 N–H and O–H groups in total. The summed E-state index contributed by atoms with van der Waals surface area (Å²) in [5, 5.41) is 20.4. The molecule has 0 unspecified atom stereocenters. The highest BCUT2D eigenvalue weighted by molar-refractivity contribution is 7.99. The normalized spacial score (nSPS) is 16.7. The van der Waals surface area contributed by atoms with Crippen LogP contribution in [0.4, 0.5) is 5.69 Å².